The fourth-order valence-electron chi connectivity index (χ4n) is 3.04. The lowest BCUT2D eigenvalue weighted by molar-refractivity contribution is -0.148. The highest BCUT2D eigenvalue weighted by atomic mass is 35.5. The Morgan fingerprint density at radius 1 is 1.26 bits per heavy atom. The SMILES string of the molecule is CC(=O)OCC1=C(OC(=O)O)N2C(=O)C(NC(=O)C(=C(Cl)Cl)c3ccccc3)[C@@H]2SC1. The van der Waals surface area contributed by atoms with E-state index < -0.39 is 35.4 Å². The Morgan fingerprint density at radius 3 is 2.52 bits per heavy atom. The van der Waals surface area contributed by atoms with E-state index in [1.807, 2.05) is 0 Å². The fourth-order valence-corrected chi connectivity index (χ4v) is 4.74. The van der Waals surface area contributed by atoms with E-state index in [1.54, 1.807) is 30.3 Å². The zero-order valence-electron chi connectivity index (χ0n) is 16.0. The number of amides is 2. The van der Waals surface area contributed by atoms with Gasteiger partial charge >= 0.3 is 12.1 Å². The summed E-state index contributed by atoms with van der Waals surface area (Å²) >= 11 is 13.1. The first-order valence-corrected chi connectivity index (χ1v) is 10.6. The summed E-state index contributed by atoms with van der Waals surface area (Å²) < 4.78 is 9.43. The zero-order chi connectivity index (χ0) is 22.7. The van der Waals surface area contributed by atoms with Crippen molar-refractivity contribution in [3.63, 3.8) is 0 Å². The first kappa shape index (κ1) is 23.0. The van der Waals surface area contributed by atoms with Crippen LogP contribution in [0, 0.1) is 0 Å². The number of carboxylic acid groups (broad SMARTS) is 1. The number of nitrogens with zero attached hydrogens (tertiary/aromatic N) is 1. The van der Waals surface area contributed by atoms with Crippen LogP contribution in [-0.2, 0) is 23.9 Å². The Balaban J connectivity index is 1.79. The number of ether oxygens (including phenoxy) is 2. The average molecular weight is 487 g/mol. The molecular formula is C19H16Cl2N2O7S. The van der Waals surface area contributed by atoms with Gasteiger partial charge in [-0.15, -0.1) is 11.8 Å². The second-order valence-electron chi connectivity index (χ2n) is 6.42. The van der Waals surface area contributed by atoms with Crippen molar-refractivity contribution in [3.05, 3.63) is 51.8 Å². The molecule has 2 amide bonds. The molecule has 1 aromatic carbocycles. The van der Waals surface area contributed by atoms with E-state index in [9.17, 15) is 19.2 Å². The van der Waals surface area contributed by atoms with Gasteiger partial charge in [0.2, 0.25) is 5.88 Å². The molecule has 0 aromatic heterocycles. The number of carbonyl (C=O) groups is 4. The molecule has 0 radical (unpaired) electrons. The topological polar surface area (TPSA) is 122 Å². The lowest BCUT2D eigenvalue weighted by Gasteiger charge is -2.49. The molecule has 1 fully saturated rings. The predicted molar refractivity (Wildman–Crippen MR) is 113 cm³/mol. The van der Waals surface area contributed by atoms with Crippen LogP contribution < -0.4 is 5.32 Å². The minimum Gasteiger partial charge on any atom is -0.461 e. The van der Waals surface area contributed by atoms with E-state index in [2.05, 4.69) is 5.32 Å². The largest absolute Gasteiger partial charge is 0.512 e. The van der Waals surface area contributed by atoms with Gasteiger partial charge in [-0.3, -0.25) is 19.3 Å². The molecule has 2 aliphatic heterocycles. The molecular weight excluding hydrogens is 471 g/mol. The van der Waals surface area contributed by atoms with Gasteiger partial charge < -0.3 is 19.9 Å². The monoisotopic (exact) mass is 486 g/mol. The number of benzene rings is 1. The van der Waals surface area contributed by atoms with Crippen LogP contribution in [0.4, 0.5) is 4.79 Å². The number of thioether (sulfide) groups is 1. The van der Waals surface area contributed by atoms with Crippen molar-refractivity contribution < 1.29 is 33.8 Å². The molecule has 0 bridgehead atoms. The molecule has 12 heteroatoms. The lowest BCUT2D eigenvalue weighted by atomic mass is 10.0. The number of nitrogens with one attached hydrogen (secondary N) is 1. The summed E-state index contributed by atoms with van der Waals surface area (Å²) in [5.74, 6) is -1.79. The second kappa shape index (κ2) is 9.63. The van der Waals surface area contributed by atoms with Crippen molar-refractivity contribution in [2.75, 3.05) is 12.4 Å². The molecule has 164 valence electrons. The van der Waals surface area contributed by atoms with Crippen molar-refractivity contribution in [1.82, 2.24) is 10.2 Å². The van der Waals surface area contributed by atoms with Crippen LogP contribution >= 0.6 is 35.0 Å². The van der Waals surface area contributed by atoms with Gasteiger partial charge in [0.15, 0.2) is 0 Å². The van der Waals surface area contributed by atoms with Gasteiger partial charge in [-0.25, -0.2) is 4.79 Å². The number of fused-ring (bicyclic) bond motifs is 1. The molecule has 2 aliphatic rings. The van der Waals surface area contributed by atoms with E-state index in [0.29, 0.717) is 11.1 Å². The van der Waals surface area contributed by atoms with Gasteiger partial charge in [0, 0.05) is 18.2 Å². The normalized spacial score (nSPS) is 19.7. The molecule has 9 nitrogen and oxygen atoms in total. The maximum Gasteiger partial charge on any atom is 0.512 e. The third-order valence-corrected chi connectivity index (χ3v) is 6.11. The first-order chi connectivity index (χ1) is 14.7. The summed E-state index contributed by atoms with van der Waals surface area (Å²) in [5.41, 5.74) is 0.799. The Labute approximate surface area is 190 Å². The van der Waals surface area contributed by atoms with E-state index in [-0.39, 0.29) is 28.3 Å². The van der Waals surface area contributed by atoms with Crippen molar-refractivity contribution in [2.45, 2.75) is 18.3 Å². The van der Waals surface area contributed by atoms with Crippen LogP contribution in [0.25, 0.3) is 5.57 Å². The summed E-state index contributed by atoms with van der Waals surface area (Å²) in [5, 5.41) is 11.0. The third-order valence-electron chi connectivity index (χ3n) is 4.39. The summed E-state index contributed by atoms with van der Waals surface area (Å²) in [6, 6.07) is 7.51. The van der Waals surface area contributed by atoms with Gasteiger partial charge in [0.05, 0.1) is 5.57 Å². The summed E-state index contributed by atoms with van der Waals surface area (Å²) in [6.45, 7) is 0.985. The maximum atomic E-state index is 12.8. The Bertz CT molecular complexity index is 992. The zero-order valence-corrected chi connectivity index (χ0v) is 18.3. The average Bonchev–Trinajstić information content (AvgIpc) is 2.70. The molecule has 1 unspecified atom stereocenters. The Morgan fingerprint density at radius 2 is 1.94 bits per heavy atom. The molecule has 1 aromatic rings. The minimum atomic E-state index is -1.62. The molecule has 3 rings (SSSR count). The highest BCUT2D eigenvalue weighted by Gasteiger charge is 2.54. The smallest absolute Gasteiger partial charge is 0.461 e. The van der Waals surface area contributed by atoms with Crippen LogP contribution in [0.5, 0.6) is 0 Å². The number of hydrogen-bond donors (Lipinski definition) is 2. The van der Waals surface area contributed by atoms with E-state index in [0.717, 1.165) is 4.90 Å². The number of hydrogen-bond acceptors (Lipinski definition) is 7. The maximum absolute atomic E-state index is 12.8. The molecule has 0 saturated carbocycles. The number of β-lactam (4-membered cyclic amide) rings is 1. The highest BCUT2D eigenvalue weighted by Crippen LogP contribution is 2.41. The standard InChI is InChI=1S/C19H16Cl2N2O7S/c1-9(24)29-7-11-8-31-18-13(16(26)23(18)17(11)30-19(27)28)22-15(25)12(14(20)21)10-5-3-2-4-6-10/h2-6,13,18H,7-8H2,1H3,(H,22,25)(H,27,28)/t13?,18-/m0/s1. The van der Waals surface area contributed by atoms with Crippen LogP contribution in [0.2, 0.25) is 0 Å². The van der Waals surface area contributed by atoms with Crippen LogP contribution in [0.3, 0.4) is 0 Å². The molecule has 2 heterocycles. The van der Waals surface area contributed by atoms with Crippen molar-refractivity contribution >= 4 is 64.5 Å². The van der Waals surface area contributed by atoms with Gasteiger partial charge in [-0.05, 0) is 5.56 Å². The number of rotatable bonds is 6. The Hall–Kier alpha value is -2.69. The first-order valence-electron chi connectivity index (χ1n) is 8.83. The van der Waals surface area contributed by atoms with Crippen LogP contribution in [0.1, 0.15) is 12.5 Å². The number of carbonyl (C=O) groups excluding carboxylic acids is 3. The van der Waals surface area contributed by atoms with Crippen molar-refractivity contribution in [2.24, 2.45) is 0 Å². The molecule has 0 spiro atoms. The summed E-state index contributed by atoms with van der Waals surface area (Å²) in [6.07, 6.45) is -1.62. The highest BCUT2D eigenvalue weighted by molar-refractivity contribution is 8.00. The van der Waals surface area contributed by atoms with Crippen LogP contribution in [0.15, 0.2) is 46.3 Å². The quantitative estimate of drug-likeness (QED) is 0.357. The minimum absolute atomic E-state index is 0.00379. The number of esters is 1. The second-order valence-corrected chi connectivity index (χ2v) is 8.47. The number of halogens is 2. The van der Waals surface area contributed by atoms with Gasteiger partial charge in [0.1, 0.15) is 22.5 Å². The van der Waals surface area contributed by atoms with Gasteiger partial charge in [0.25, 0.3) is 11.8 Å². The summed E-state index contributed by atoms with van der Waals surface area (Å²) in [7, 11) is 0. The van der Waals surface area contributed by atoms with Gasteiger partial charge in [-0.1, -0.05) is 53.5 Å². The molecule has 0 aliphatic carbocycles. The molecule has 1 saturated heterocycles. The predicted octanol–water partition coefficient (Wildman–Crippen LogP) is 2.70. The molecule has 2 atom stereocenters. The van der Waals surface area contributed by atoms with Crippen LogP contribution in [-0.4, -0.2) is 57.7 Å². The Kier molecular flexibility index (Phi) is 7.14. The van der Waals surface area contributed by atoms with E-state index >= 15 is 0 Å². The van der Waals surface area contributed by atoms with Crippen molar-refractivity contribution in [3.8, 4) is 0 Å². The van der Waals surface area contributed by atoms with E-state index in [4.69, 9.17) is 37.8 Å². The third kappa shape index (κ3) is 4.97. The van der Waals surface area contributed by atoms with Gasteiger partial charge in [-0.2, -0.15) is 0 Å². The van der Waals surface area contributed by atoms with E-state index in [1.165, 1.54) is 18.7 Å². The molecule has 2 N–H and O–H groups in total. The fraction of sp³-hybridized carbons (Fsp3) is 0.263. The molecule has 31 heavy (non-hydrogen) atoms. The lowest BCUT2D eigenvalue weighted by Crippen LogP contribution is -2.70. The summed E-state index contributed by atoms with van der Waals surface area (Å²) in [4.78, 5) is 48.8. The van der Waals surface area contributed by atoms with Crippen molar-refractivity contribution in [1.29, 1.82) is 0 Å².